The number of nitrogens with one attached hydrogen (secondary N) is 1. The van der Waals surface area contributed by atoms with Crippen LogP contribution in [-0.4, -0.2) is 49.7 Å². The largest absolute Gasteiger partial charge is 0.465 e. The van der Waals surface area contributed by atoms with E-state index in [0.717, 1.165) is 38.4 Å². The maximum Gasteiger partial charge on any atom is 0.327 e. The quantitative estimate of drug-likeness (QED) is 0.744. The molecule has 0 radical (unpaired) electrons. The van der Waals surface area contributed by atoms with Crippen LogP contribution in [0.3, 0.4) is 0 Å². The highest BCUT2D eigenvalue weighted by Gasteiger charge is 2.52. The van der Waals surface area contributed by atoms with Crippen LogP contribution in [0.1, 0.15) is 39.5 Å². The van der Waals surface area contributed by atoms with E-state index in [2.05, 4.69) is 17.1 Å². The van der Waals surface area contributed by atoms with Gasteiger partial charge in [-0.25, -0.2) is 4.79 Å². The number of likely N-dealkylation sites (tertiary alicyclic amines) is 1. The van der Waals surface area contributed by atoms with Gasteiger partial charge in [0.15, 0.2) is 0 Å². The van der Waals surface area contributed by atoms with Gasteiger partial charge in [-0.05, 0) is 64.6 Å². The van der Waals surface area contributed by atoms with Gasteiger partial charge in [-0.15, -0.1) is 0 Å². The molecule has 1 N–H and O–H groups in total. The number of likely N-dealkylation sites (N-methyl/N-ethyl adjacent to an activating group) is 1. The van der Waals surface area contributed by atoms with Crippen molar-refractivity contribution < 1.29 is 9.53 Å². The van der Waals surface area contributed by atoms with Gasteiger partial charge in [0, 0.05) is 6.54 Å². The standard InChI is InChI=1S/C15H28N2O2/c1-4-19-14(18)15(16-3,13-5-6-13)11-17-9-7-12(2)8-10-17/h12-13,16H,4-11H2,1-3H3. The van der Waals surface area contributed by atoms with Crippen molar-refractivity contribution in [3.8, 4) is 0 Å². The molecule has 4 nitrogen and oxygen atoms in total. The monoisotopic (exact) mass is 268 g/mol. The molecule has 0 aromatic rings. The van der Waals surface area contributed by atoms with E-state index >= 15 is 0 Å². The summed E-state index contributed by atoms with van der Waals surface area (Å²) in [6, 6.07) is 0. The first-order chi connectivity index (χ1) is 9.12. The minimum absolute atomic E-state index is 0.0568. The van der Waals surface area contributed by atoms with Gasteiger partial charge in [0.1, 0.15) is 5.54 Å². The van der Waals surface area contributed by atoms with Crippen LogP contribution in [0, 0.1) is 11.8 Å². The number of nitrogens with zero attached hydrogens (tertiary/aromatic N) is 1. The molecule has 19 heavy (non-hydrogen) atoms. The SMILES string of the molecule is CCOC(=O)C(CN1CCC(C)CC1)(NC)C1CC1. The maximum absolute atomic E-state index is 12.4. The van der Waals surface area contributed by atoms with E-state index in [0.29, 0.717) is 12.5 Å². The number of carbonyl (C=O) groups excluding carboxylic acids is 1. The molecule has 1 aliphatic carbocycles. The molecule has 1 heterocycles. The summed E-state index contributed by atoms with van der Waals surface area (Å²) in [6.45, 7) is 7.68. The smallest absolute Gasteiger partial charge is 0.327 e. The lowest BCUT2D eigenvalue weighted by molar-refractivity contribution is -0.153. The Hall–Kier alpha value is -0.610. The number of rotatable bonds is 6. The van der Waals surface area contributed by atoms with Crippen LogP contribution in [0.15, 0.2) is 0 Å². The van der Waals surface area contributed by atoms with Gasteiger partial charge in [0.05, 0.1) is 6.61 Å². The molecule has 110 valence electrons. The third-order valence-corrected chi connectivity index (χ3v) is 4.71. The molecule has 2 rings (SSSR count). The fourth-order valence-corrected chi connectivity index (χ4v) is 3.15. The third-order valence-electron chi connectivity index (χ3n) is 4.71. The Morgan fingerprint density at radius 1 is 1.32 bits per heavy atom. The molecule has 1 atom stereocenters. The van der Waals surface area contributed by atoms with E-state index in [4.69, 9.17) is 4.74 Å². The summed E-state index contributed by atoms with van der Waals surface area (Å²) in [5.74, 6) is 1.22. The molecule has 0 amide bonds. The number of esters is 1. The van der Waals surface area contributed by atoms with Crippen molar-refractivity contribution in [3.05, 3.63) is 0 Å². The first-order valence-corrected chi connectivity index (χ1v) is 7.71. The normalized spacial score (nSPS) is 25.0. The molecule has 2 aliphatic rings. The molecular formula is C15H28N2O2. The first kappa shape index (κ1) is 14.8. The predicted molar refractivity (Wildman–Crippen MR) is 76.0 cm³/mol. The van der Waals surface area contributed by atoms with Gasteiger partial charge in [-0.1, -0.05) is 6.92 Å². The zero-order valence-electron chi connectivity index (χ0n) is 12.6. The van der Waals surface area contributed by atoms with E-state index in [1.165, 1.54) is 12.8 Å². The minimum Gasteiger partial charge on any atom is -0.465 e. The Labute approximate surface area is 116 Å². The van der Waals surface area contributed by atoms with Gasteiger partial charge >= 0.3 is 5.97 Å². The van der Waals surface area contributed by atoms with Crippen molar-refractivity contribution >= 4 is 5.97 Å². The fourth-order valence-electron chi connectivity index (χ4n) is 3.15. The summed E-state index contributed by atoms with van der Waals surface area (Å²) >= 11 is 0. The Kier molecular flexibility index (Phi) is 4.85. The molecule has 0 aromatic carbocycles. The maximum atomic E-state index is 12.4. The van der Waals surface area contributed by atoms with Crippen LogP contribution in [0.25, 0.3) is 0 Å². The van der Waals surface area contributed by atoms with Gasteiger partial charge < -0.3 is 15.0 Å². The molecule has 0 bridgehead atoms. The summed E-state index contributed by atoms with van der Waals surface area (Å²) in [5.41, 5.74) is -0.476. The van der Waals surface area contributed by atoms with E-state index in [9.17, 15) is 4.79 Å². The average Bonchev–Trinajstić information content (AvgIpc) is 3.23. The lowest BCUT2D eigenvalue weighted by Crippen LogP contribution is -2.61. The number of piperidine rings is 1. The topological polar surface area (TPSA) is 41.6 Å². The summed E-state index contributed by atoms with van der Waals surface area (Å²) in [6.07, 6.45) is 4.77. The Morgan fingerprint density at radius 2 is 1.95 bits per heavy atom. The van der Waals surface area contributed by atoms with Crippen molar-refractivity contribution in [2.45, 2.75) is 45.1 Å². The first-order valence-electron chi connectivity index (χ1n) is 7.71. The average molecular weight is 268 g/mol. The van der Waals surface area contributed by atoms with Crippen LogP contribution in [0.5, 0.6) is 0 Å². The molecule has 2 fully saturated rings. The van der Waals surface area contributed by atoms with Crippen LogP contribution in [-0.2, 0) is 9.53 Å². The van der Waals surface area contributed by atoms with E-state index in [1.807, 2.05) is 14.0 Å². The highest BCUT2D eigenvalue weighted by atomic mass is 16.5. The zero-order valence-corrected chi connectivity index (χ0v) is 12.6. The molecular weight excluding hydrogens is 240 g/mol. The van der Waals surface area contributed by atoms with Gasteiger partial charge in [0.2, 0.25) is 0 Å². The minimum atomic E-state index is -0.476. The molecule has 1 unspecified atom stereocenters. The lowest BCUT2D eigenvalue weighted by Gasteiger charge is -2.39. The van der Waals surface area contributed by atoms with E-state index in [-0.39, 0.29) is 5.97 Å². The Morgan fingerprint density at radius 3 is 2.42 bits per heavy atom. The number of carbonyl (C=O) groups is 1. The number of ether oxygens (including phenoxy) is 1. The van der Waals surface area contributed by atoms with Crippen LogP contribution < -0.4 is 5.32 Å². The molecule has 1 saturated heterocycles. The molecule has 1 aliphatic heterocycles. The molecule has 1 saturated carbocycles. The highest BCUT2D eigenvalue weighted by Crippen LogP contribution is 2.41. The van der Waals surface area contributed by atoms with Crippen LogP contribution >= 0.6 is 0 Å². The Balaban J connectivity index is 2.03. The highest BCUT2D eigenvalue weighted by molar-refractivity contribution is 5.82. The summed E-state index contributed by atoms with van der Waals surface area (Å²) < 4.78 is 5.33. The third kappa shape index (κ3) is 3.29. The van der Waals surface area contributed by atoms with Crippen molar-refractivity contribution in [2.24, 2.45) is 11.8 Å². The Bertz CT molecular complexity index is 309. The second-order valence-corrected chi connectivity index (χ2v) is 6.17. The molecule has 4 heteroatoms. The lowest BCUT2D eigenvalue weighted by atomic mass is 9.90. The van der Waals surface area contributed by atoms with Crippen molar-refractivity contribution in [1.29, 1.82) is 0 Å². The zero-order chi connectivity index (χ0) is 13.9. The van der Waals surface area contributed by atoms with Crippen molar-refractivity contribution in [2.75, 3.05) is 33.3 Å². The second kappa shape index (κ2) is 6.23. The fraction of sp³-hybridized carbons (Fsp3) is 0.933. The summed E-state index contributed by atoms with van der Waals surface area (Å²) in [7, 11) is 1.90. The number of hydrogen-bond donors (Lipinski definition) is 1. The number of hydrogen-bond acceptors (Lipinski definition) is 4. The molecule has 0 aromatic heterocycles. The van der Waals surface area contributed by atoms with Crippen LogP contribution in [0.4, 0.5) is 0 Å². The predicted octanol–water partition coefficient (Wildman–Crippen LogP) is 1.65. The van der Waals surface area contributed by atoms with Crippen molar-refractivity contribution in [3.63, 3.8) is 0 Å². The van der Waals surface area contributed by atoms with Crippen molar-refractivity contribution in [1.82, 2.24) is 10.2 Å². The van der Waals surface area contributed by atoms with Gasteiger partial charge in [-0.2, -0.15) is 0 Å². The van der Waals surface area contributed by atoms with Gasteiger partial charge in [0.25, 0.3) is 0 Å². The summed E-state index contributed by atoms with van der Waals surface area (Å²) in [5, 5.41) is 3.30. The van der Waals surface area contributed by atoms with E-state index in [1.54, 1.807) is 0 Å². The van der Waals surface area contributed by atoms with Gasteiger partial charge in [-0.3, -0.25) is 0 Å². The second-order valence-electron chi connectivity index (χ2n) is 6.17. The van der Waals surface area contributed by atoms with E-state index < -0.39 is 5.54 Å². The molecule has 0 spiro atoms. The summed E-state index contributed by atoms with van der Waals surface area (Å²) in [4.78, 5) is 14.8. The van der Waals surface area contributed by atoms with Crippen LogP contribution in [0.2, 0.25) is 0 Å².